The lowest BCUT2D eigenvalue weighted by Crippen LogP contribution is -2.27. The van der Waals surface area contributed by atoms with Gasteiger partial charge in [0, 0.05) is 7.05 Å². The standard InChI is InChI=1S/C4H8N2O3S/c1-3-4(7)6(2)10(8,9)5-3/h3,5H,1-2H3/t3-/m1/s1. The Morgan fingerprint density at radius 3 is 2.20 bits per heavy atom. The Bertz CT molecular complexity index is 258. The first-order valence-electron chi connectivity index (χ1n) is 2.75. The molecule has 6 heteroatoms. The molecule has 0 saturated carbocycles. The molecule has 1 amide bonds. The molecule has 0 aliphatic carbocycles. The smallest absolute Gasteiger partial charge is 0.272 e. The van der Waals surface area contributed by atoms with Crippen molar-refractivity contribution in [3.8, 4) is 0 Å². The van der Waals surface area contributed by atoms with Gasteiger partial charge in [-0.25, -0.2) is 4.31 Å². The number of carbonyl (C=O) groups is 1. The van der Waals surface area contributed by atoms with Gasteiger partial charge in [0.2, 0.25) is 0 Å². The van der Waals surface area contributed by atoms with Crippen molar-refractivity contribution in [3.63, 3.8) is 0 Å². The number of hydrogen-bond donors (Lipinski definition) is 1. The first-order valence-corrected chi connectivity index (χ1v) is 4.19. The van der Waals surface area contributed by atoms with Gasteiger partial charge in [-0.1, -0.05) is 0 Å². The van der Waals surface area contributed by atoms with Crippen LogP contribution in [-0.4, -0.2) is 31.7 Å². The Labute approximate surface area is 59.2 Å². The molecule has 1 fully saturated rings. The molecule has 0 aromatic heterocycles. The van der Waals surface area contributed by atoms with Crippen molar-refractivity contribution in [2.45, 2.75) is 13.0 Å². The maximum Gasteiger partial charge on any atom is 0.304 e. The van der Waals surface area contributed by atoms with E-state index >= 15 is 0 Å². The van der Waals surface area contributed by atoms with Gasteiger partial charge in [0.25, 0.3) is 5.91 Å². The fourth-order valence-electron chi connectivity index (χ4n) is 0.744. The lowest BCUT2D eigenvalue weighted by molar-refractivity contribution is -0.125. The van der Waals surface area contributed by atoms with E-state index in [0.29, 0.717) is 4.31 Å². The highest BCUT2D eigenvalue weighted by atomic mass is 32.2. The normalized spacial score (nSPS) is 31.2. The number of carbonyl (C=O) groups excluding carboxylic acids is 1. The van der Waals surface area contributed by atoms with Crippen molar-refractivity contribution in [2.75, 3.05) is 7.05 Å². The van der Waals surface area contributed by atoms with Crippen LogP contribution in [0.4, 0.5) is 0 Å². The topological polar surface area (TPSA) is 66.5 Å². The van der Waals surface area contributed by atoms with Crippen molar-refractivity contribution in [2.24, 2.45) is 0 Å². The third-order valence-corrected chi connectivity index (χ3v) is 2.92. The van der Waals surface area contributed by atoms with Crippen molar-refractivity contribution in [3.05, 3.63) is 0 Å². The largest absolute Gasteiger partial charge is 0.304 e. The van der Waals surface area contributed by atoms with Gasteiger partial charge in [0.15, 0.2) is 0 Å². The summed E-state index contributed by atoms with van der Waals surface area (Å²) in [6.45, 7) is 1.50. The lowest BCUT2D eigenvalue weighted by atomic mass is 10.3. The Morgan fingerprint density at radius 1 is 1.60 bits per heavy atom. The molecular weight excluding hydrogens is 156 g/mol. The van der Waals surface area contributed by atoms with E-state index in [4.69, 9.17) is 0 Å². The van der Waals surface area contributed by atoms with Gasteiger partial charge in [0.1, 0.15) is 6.04 Å². The van der Waals surface area contributed by atoms with Crippen molar-refractivity contribution in [1.29, 1.82) is 0 Å². The van der Waals surface area contributed by atoms with E-state index in [0.717, 1.165) is 0 Å². The maximum atomic E-state index is 10.8. The van der Waals surface area contributed by atoms with Gasteiger partial charge < -0.3 is 0 Å². The molecule has 0 bridgehead atoms. The average Bonchev–Trinajstić information content (AvgIpc) is 1.95. The van der Waals surface area contributed by atoms with Crippen LogP contribution in [0.25, 0.3) is 0 Å². The van der Waals surface area contributed by atoms with Crippen molar-refractivity contribution in [1.82, 2.24) is 9.03 Å². The lowest BCUT2D eigenvalue weighted by Gasteiger charge is -2.03. The number of amides is 1. The third kappa shape index (κ3) is 0.889. The zero-order valence-corrected chi connectivity index (χ0v) is 6.47. The minimum absolute atomic E-state index is 0.417. The molecule has 1 saturated heterocycles. The van der Waals surface area contributed by atoms with Crippen LogP contribution < -0.4 is 4.72 Å². The number of likely N-dealkylation sites (N-methyl/N-ethyl adjacent to an activating group) is 1. The maximum absolute atomic E-state index is 10.8. The van der Waals surface area contributed by atoms with Crippen molar-refractivity contribution < 1.29 is 13.2 Å². The molecule has 0 radical (unpaired) electrons. The molecule has 58 valence electrons. The Hall–Kier alpha value is -0.620. The minimum atomic E-state index is -3.49. The Kier molecular flexibility index (Phi) is 1.44. The van der Waals surface area contributed by atoms with Crippen molar-refractivity contribution >= 4 is 16.1 Å². The molecule has 0 spiro atoms. The highest BCUT2D eigenvalue weighted by Crippen LogP contribution is 2.07. The summed E-state index contributed by atoms with van der Waals surface area (Å²) >= 11 is 0. The van der Waals surface area contributed by atoms with Crippen LogP contribution in [0.5, 0.6) is 0 Å². The summed E-state index contributed by atoms with van der Waals surface area (Å²) < 4.78 is 24.4. The predicted octanol–water partition coefficient (Wildman–Crippen LogP) is -1.32. The monoisotopic (exact) mass is 164 g/mol. The first-order chi connectivity index (χ1) is 4.45. The van der Waals surface area contributed by atoms with Crippen LogP contribution >= 0.6 is 0 Å². The van der Waals surface area contributed by atoms with E-state index in [9.17, 15) is 13.2 Å². The second-order valence-electron chi connectivity index (χ2n) is 2.15. The van der Waals surface area contributed by atoms with Crippen LogP contribution in [0.3, 0.4) is 0 Å². The fourth-order valence-corrected chi connectivity index (χ4v) is 1.84. The van der Waals surface area contributed by atoms with Gasteiger partial charge in [-0.2, -0.15) is 13.1 Å². The average molecular weight is 164 g/mol. The summed E-state index contributed by atoms with van der Waals surface area (Å²) in [7, 11) is -2.26. The van der Waals surface area contributed by atoms with E-state index in [-0.39, 0.29) is 0 Å². The summed E-state index contributed by atoms with van der Waals surface area (Å²) in [5.74, 6) is -0.417. The SMILES string of the molecule is C[C@H]1NS(=O)(=O)N(C)C1=O. The molecule has 1 atom stereocenters. The summed E-state index contributed by atoms with van der Waals surface area (Å²) in [6.07, 6.45) is 0. The second kappa shape index (κ2) is 1.93. The van der Waals surface area contributed by atoms with Gasteiger partial charge in [0.05, 0.1) is 0 Å². The molecule has 0 aromatic rings. The summed E-state index contributed by atoms with van der Waals surface area (Å²) in [5.41, 5.74) is 0. The highest BCUT2D eigenvalue weighted by molar-refractivity contribution is 7.88. The van der Waals surface area contributed by atoms with Gasteiger partial charge in [-0.3, -0.25) is 4.79 Å². The quantitative estimate of drug-likeness (QED) is 0.483. The zero-order chi connectivity index (χ0) is 7.94. The molecule has 0 unspecified atom stereocenters. The number of rotatable bonds is 0. The molecule has 5 nitrogen and oxygen atoms in total. The predicted molar refractivity (Wildman–Crippen MR) is 34.3 cm³/mol. The molecule has 1 heterocycles. The number of hydrogen-bond acceptors (Lipinski definition) is 3. The van der Waals surface area contributed by atoms with E-state index in [1.54, 1.807) is 0 Å². The number of nitrogens with zero attached hydrogens (tertiary/aromatic N) is 1. The van der Waals surface area contributed by atoms with Gasteiger partial charge in [-0.05, 0) is 6.92 Å². The molecule has 1 aliphatic rings. The highest BCUT2D eigenvalue weighted by Gasteiger charge is 2.37. The molecular formula is C4H8N2O3S. The van der Waals surface area contributed by atoms with E-state index in [2.05, 4.69) is 4.72 Å². The third-order valence-electron chi connectivity index (χ3n) is 1.37. The van der Waals surface area contributed by atoms with Crippen LogP contribution in [0.15, 0.2) is 0 Å². The summed E-state index contributed by atoms with van der Waals surface area (Å²) in [5, 5.41) is 0. The van der Waals surface area contributed by atoms with E-state index < -0.39 is 22.2 Å². The molecule has 1 rings (SSSR count). The van der Waals surface area contributed by atoms with Crippen LogP contribution in [0, 0.1) is 0 Å². The van der Waals surface area contributed by atoms with Gasteiger partial charge in [-0.15, -0.1) is 0 Å². The molecule has 1 N–H and O–H groups in total. The molecule has 1 aliphatic heterocycles. The fraction of sp³-hybridized carbons (Fsp3) is 0.750. The van der Waals surface area contributed by atoms with Crippen LogP contribution in [0.1, 0.15) is 6.92 Å². The summed E-state index contributed by atoms with van der Waals surface area (Å²) in [6, 6.07) is -0.616. The van der Waals surface area contributed by atoms with E-state index in [1.807, 2.05) is 0 Å². The molecule has 10 heavy (non-hydrogen) atoms. The first kappa shape index (κ1) is 7.49. The second-order valence-corrected chi connectivity index (χ2v) is 3.88. The van der Waals surface area contributed by atoms with Gasteiger partial charge >= 0.3 is 10.2 Å². The zero-order valence-electron chi connectivity index (χ0n) is 5.66. The Morgan fingerprint density at radius 2 is 2.10 bits per heavy atom. The minimum Gasteiger partial charge on any atom is -0.272 e. The number of nitrogens with one attached hydrogen (secondary N) is 1. The van der Waals surface area contributed by atoms with E-state index in [1.165, 1.54) is 14.0 Å². The molecule has 0 aromatic carbocycles. The van der Waals surface area contributed by atoms with Crippen LogP contribution in [0.2, 0.25) is 0 Å². The summed E-state index contributed by atoms with van der Waals surface area (Å²) in [4.78, 5) is 10.8. The Balaban J connectivity index is 3.04. The van der Waals surface area contributed by atoms with Crippen LogP contribution in [-0.2, 0) is 15.0 Å².